The van der Waals surface area contributed by atoms with Crippen molar-refractivity contribution >= 4 is 12.3 Å². The first-order valence-corrected chi connectivity index (χ1v) is 4.63. The number of carboxylic acid groups (broad SMARTS) is 1. The largest absolute Gasteiger partial charge is 0.481 e. The molecule has 1 saturated heterocycles. The van der Waals surface area contributed by atoms with Crippen LogP contribution in [0.2, 0.25) is 0 Å². The minimum atomic E-state index is -0.685. The third kappa shape index (κ3) is 3.14. The fourth-order valence-electron chi connectivity index (χ4n) is 1.64. The van der Waals surface area contributed by atoms with Crippen LogP contribution in [0.1, 0.15) is 19.3 Å². The summed E-state index contributed by atoms with van der Waals surface area (Å²) in [6.45, 7) is 2.39. The normalized spacial score (nSPS) is 20.0. The lowest BCUT2D eigenvalue weighted by molar-refractivity contribution is -0.143. The van der Waals surface area contributed by atoms with Crippen molar-refractivity contribution in [3.05, 3.63) is 0 Å². The molecule has 74 valence electrons. The number of piperidine rings is 1. The molecule has 13 heavy (non-hydrogen) atoms. The topological polar surface area (TPSA) is 57.6 Å². The van der Waals surface area contributed by atoms with E-state index >= 15 is 0 Å². The molecule has 1 aliphatic heterocycles. The van der Waals surface area contributed by atoms with E-state index in [0.29, 0.717) is 19.3 Å². The molecule has 0 bridgehead atoms. The van der Waals surface area contributed by atoms with Crippen LogP contribution < -0.4 is 0 Å². The van der Waals surface area contributed by atoms with Crippen LogP contribution in [-0.4, -0.2) is 41.9 Å². The SMILES string of the molecule is O=CCCN1CCC(C(=O)O)CC1. The maximum absolute atomic E-state index is 10.6. The van der Waals surface area contributed by atoms with Crippen LogP contribution >= 0.6 is 0 Å². The summed E-state index contributed by atoms with van der Waals surface area (Å²) in [5, 5.41) is 8.73. The summed E-state index contributed by atoms with van der Waals surface area (Å²) in [6, 6.07) is 0. The highest BCUT2D eigenvalue weighted by Gasteiger charge is 2.23. The standard InChI is InChI=1S/C9H15NO3/c11-7-1-4-10-5-2-8(3-6-10)9(12)13/h7-8H,1-6H2,(H,12,13). The minimum Gasteiger partial charge on any atom is -0.481 e. The minimum absolute atomic E-state index is 0.174. The quantitative estimate of drug-likeness (QED) is 0.643. The molecule has 0 aromatic heterocycles. The predicted molar refractivity (Wildman–Crippen MR) is 47.5 cm³/mol. The summed E-state index contributed by atoms with van der Waals surface area (Å²) in [5.41, 5.74) is 0. The lowest BCUT2D eigenvalue weighted by atomic mass is 9.97. The first-order chi connectivity index (χ1) is 6.24. The zero-order valence-corrected chi connectivity index (χ0v) is 7.61. The Hall–Kier alpha value is -0.900. The zero-order valence-electron chi connectivity index (χ0n) is 7.61. The second kappa shape index (κ2) is 4.97. The second-order valence-corrected chi connectivity index (χ2v) is 3.41. The van der Waals surface area contributed by atoms with Crippen LogP contribution in [0.3, 0.4) is 0 Å². The van der Waals surface area contributed by atoms with Crippen LogP contribution in [-0.2, 0) is 9.59 Å². The van der Waals surface area contributed by atoms with Gasteiger partial charge in [0.15, 0.2) is 0 Å². The number of carboxylic acids is 1. The molecule has 0 saturated carbocycles. The van der Waals surface area contributed by atoms with Gasteiger partial charge in [-0.25, -0.2) is 0 Å². The Bertz CT molecular complexity index is 185. The number of hydrogen-bond acceptors (Lipinski definition) is 3. The van der Waals surface area contributed by atoms with Crippen molar-refractivity contribution < 1.29 is 14.7 Å². The number of nitrogens with zero attached hydrogens (tertiary/aromatic N) is 1. The number of carbonyl (C=O) groups is 2. The number of carbonyl (C=O) groups excluding carboxylic acids is 1. The fraction of sp³-hybridized carbons (Fsp3) is 0.778. The first kappa shape index (κ1) is 10.2. The average Bonchev–Trinajstić information content (AvgIpc) is 2.15. The van der Waals surface area contributed by atoms with Gasteiger partial charge in [-0.05, 0) is 25.9 Å². The number of rotatable bonds is 4. The van der Waals surface area contributed by atoms with Crippen molar-refractivity contribution in [3.63, 3.8) is 0 Å². The second-order valence-electron chi connectivity index (χ2n) is 3.41. The van der Waals surface area contributed by atoms with E-state index in [1.807, 2.05) is 0 Å². The van der Waals surface area contributed by atoms with Gasteiger partial charge in [0.2, 0.25) is 0 Å². The average molecular weight is 185 g/mol. The molecule has 0 radical (unpaired) electrons. The Balaban J connectivity index is 2.22. The third-order valence-corrected chi connectivity index (χ3v) is 2.50. The van der Waals surface area contributed by atoms with E-state index in [1.165, 1.54) is 0 Å². The summed E-state index contributed by atoms with van der Waals surface area (Å²) < 4.78 is 0. The van der Waals surface area contributed by atoms with Crippen molar-refractivity contribution in [2.24, 2.45) is 5.92 Å². The van der Waals surface area contributed by atoms with Crippen molar-refractivity contribution in [3.8, 4) is 0 Å². The van der Waals surface area contributed by atoms with Gasteiger partial charge in [0.1, 0.15) is 6.29 Å². The van der Waals surface area contributed by atoms with Gasteiger partial charge >= 0.3 is 5.97 Å². The molecular formula is C9H15NO3. The van der Waals surface area contributed by atoms with Crippen molar-refractivity contribution in [1.82, 2.24) is 4.90 Å². The van der Waals surface area contributed by atoms with Crippen LogP contribution in [0, 0.1) is 5.92 Å². The first-order valence-electron chi connectivity index (χ1n) is 4.63. The van der Waals surface area contributed by atoms with Gasteiger partial charge < -0.3 is 14.8 Å². The number of aliphatic carboxylic acids is 1. The molecule has 1 N–H and O–H groups in total. The van der Waals surface area contributed by atoms with Gasteiger partial charge in [-0.1, -0.05) is 0 Å². The van der Waals surface area contributed by atoms with E-state index in [9.17, 15) is 9.59 Å². The molecule has 0 atom stereocenters. The summed E-state index contributed by atoms with van der Waals surface area (Å²) in [7, 11) is 0. The number of likely N-dealkylation sites (tertiary alicyclic amines) is 1. The summed E-state index contributed by atoms with van der Waals surface area (Å²) in [5.74, 6) is -0.859. The molecule has 1 fully saturated rings. The molecule has 1 rings (SSSR count). The van der Waals surface area contributed by atoms with Crippen LogP contribution in [0.25, 0.3) is 0 Å². The molecule has 4 nitrogen and oxygen atoms in total. The maximum atomic E-state index is 10.6. The van der Waals surface area contributed by atoms with E-state index in [2.05, 4.69) is 4.90 Å². The van der Waals surface area contributed by atoms with Gasteiger partial charge in [-0.2, -0.15) is 0 Å². The molecule has 4 heteroatoms. The molecule has 0 aromatic carbocycles. The highest BCUT2D eigenvalue weighted by Crippen LogP contribution is 2.16. The highest BCUT2D eigenvalue weighted by molar-refractivity contribution is 5.70. The maximum Gasteiger partial charge on any atom is 0.306 e. The van der Waals surface area contributed by atoms with Gasteiger partial charge in [-0.15, -0.1) is 0 Å². The number of hydrogen-bond donors (Lipinski definition) is 1. The molecule has 0 aromatic rings. The number of aldehydes is 1. The van der Waals surface area contributed by atoms with E-state index in [1.54, 1.807) is 0 Å². The predicted octanol–water partition coefficient (Wildman–Crippen LogP) is 0.372. The molecule has 0 spiro atoms. The Morgan fingerprint density at radius 3 is 2.54 bits per heavy atom. The summed E-state index contributed by atoms with van der Waals surface area (Å²) >= 11 is 0. The van der Waals surface area contributed by atoms with Crippen LogP contribution in [0.15, 0.2) is 0 Å². The van der Waals surface area contributed by atoms with Crippen LogP contribution in [0.5, 0.6) is 0 Å². The van der Waals surface area contributed by atoms with E-state index in [-0.39, 0.29) is 5.92 Å². The van der Waals surface area contributed by atoms with Gasteiger partial charge in [-0.3, -0.25) is 4.79 Å². The molecular weight excluding hydrogens is 170 g/mol. The Kier molecular flexibility index (Phi) is 3.89. The van der Waals surface area contributed by atoms with Gasteiger partial charge in [0.05, 0.1) is 5.92 Å². The Morgan fingerprint density at radius 1 is 1.46 bits per heavy atom. The monoisotopic (exact) mass is 185 g/mol. The van der Waals surface area contributed by atoms with Crippen molar-refractivity contribution in [2.45, 2.75) is 19.3 Å². The van der Waals surface area contributed by atoms with Gasteiger partial charge in [0, 0.05) is 13.0 Å². The zero-order chi connectivity index (χ0) is 9.68. The van der Waals surface area contributed by atoms with E-state index in [4.69, 9.17) is 5.11 Å². The molecule has 1 heterocycles. The molecule has 0 aliphatic carbocycles. The Labute approximate surface area is 77.5 Å². The highest BCUT2D eigenvalue weighted by atomic mass is 16.4. The van der Waals surface area contributed by atoms with Crippen LogP contribution in [0.4, 0.5) is 0 Å². The fourth-order valence-corrected chi connectivity index (χ4v) is 1.64. The summed E-state index contributed by atoms with van der Waals surface area (Å²) in [6.07, 6.45) is 2.89. The lowest BCUT2D eigenvalue weighted by Gasteiger charge is -2.29. The molecule has 0 unspecified atom stereocenters. The summed E-state index contributed by atoms with van der Waals surface area (Å²) in [4.78, 5) is 22.8. The van der Waals surface area contributed by atoms with Crippen molar-refractivity contribution in [2.75, 3.05) is 19.6 Å². The van der Waals surface area contributed by atoms with E-state index in [0.717, 1.165) is 25.9 Å². The third-order valence-electron chi connectivity index (χ3n) is 2.50. The lowest BCUT2D eigenvalue weighted by Crippen LogP contribution is -2.36. The molecule has 1 aliphatic rings. The Morgan fingerprint density at radius 2 is 2.08 bits per heavy atom. The van der Waals surface area contributed by atoms with Gasteiger partial charge in [0.25, 0.3) is 0 Å². The van der Waals surface area contributed by atoms with E-state index < -0.39 is 5.97 Å². The molecule has 0 amide bonds. The smallest absolute Gasteiger partial charge is 0.306 e. The van der Waals surface area contributed by atoms with Crippen molar-refractivity contribution in [1.29, 1.82) is 0 Å².